The molecule has 41 heavy (non-hydrogen) atoms. The number of hydrogen-bond acceptors (Lipinski definition) is 5. The summed E-state index contributed by atoms with van der Waals surface area (Å²) >= 11 is 0. The van der Waals surface area contributed by atoms with Crippen LogP contribution in [0.2, 0.25) is 0 Å². The fourth-order valence-corrected chi connectivity index (χ4v) is 6.19. The lowest BCUT2D eigenvalue weighted by molar-refractivity contribution is -0.274. The van der Waals surface area contributed by atoms with Crippen LogP contribution >= 0.6 is 0 Å². The van der Waals surface area contributed by atoms with Crippen LogP contribution in [0, 0.1) is 0 Å². The van der Waals surface area contributed by atoms with E-state index < -0.39 is 11.9 Å². The molecule has 216 valence electrons. The van der Waals surface area contributed by atoms with Crippen LogP contribution in [0.1, 0.15) is 54.6 Å². The van der Waals surface area contributed by atoms with Crippen molar-refractivity contribution < 1.29 is 27.5 Å². The van der Waals surface area contributed by atoms with Crippen LogP contribution in [0.5, 0.6) is 5.75 Å². The van der Waals surface area contributed by atoms with Crippen molar-refractivity contribution >= 4 is 23.1 Å². The van der Waals surface area contributed by atoms with Gasteiger partial charge in [-0.25, -0.2) is 0 Å². The molecule has 0 atom stereocenters. The molecule has 0 bridgehead atoms. The van der Waals surface area contributed by atoms with Crippen LogP contribution in [0.3, 0.4) is 0 Å². The van der Waals surface area contributed by atoms with Crippen molar-refractivity contribution in [3.63, 3.8) is 0 Å². The molecular weight excluding hydrogens is 531 g/mol. The van der Waals surface area contributed by atoms with Crippen LogP contribution in [0.25, 0.3) is 0 Å². The Morgan fingerprint density at radius 2 is 1.54 bits per heavy atom. The van der Waals surface area contributed by atoms with Gasteiger partial charge >= 0.3 is 6.36 Å². The molecule has 2 fully saturated rings. The lowest BCUT2D eigenvalue weighted by Crippen LogP contribution is -2.56. The van der Waals surface area contributed by atoms with E-state index in [-0.39, 0.29) is 11.7 Å². The number of ether oxygens (including phenoxy) is 1. The zero-order chi connectivity index (χ0) is 29.2. The molecule has 6 nitrogen and oxygen atoms in total. The molecule has 9 heteroatoms. The van der Waals surface area contributed by atoms with Crippen molar-refractivity contribution in [2.24, 2.45) is 0 Å². The minimum Gasteiger partial charge on any atom is -0.406 e. The second-order valence-corrected chi connectivity index (χ2v) is 10.4. The van der Waals surface area contributed by atoms with E-state index in [4.69, 9.17) is 0 Å². The molecule has 3 heterocycles. The molecule has 2 saturated heterocycles. The van der Waals surface area contributed by atoms with Gasteiger partial charge in [-0.15, -0.1) is 13.2 Å². The van der Waals surface area contributed by atoms with Crippen LogP contribution in [-0.4, -0.2) is 48.1 Å². The number of anilines is 2. The summed E-state index contributed by atoms with van der Waals surface area (Å²) in [5.74, 6) is -0.0690. The van der Waals surface area contributed by atoms with Gasteiger partial charge in [-0.2, -0.15) is 0 Å². The Morgan fingerprint density at radius 1 is 0.854 bits per heavy atom. The average Bonchev–Trinajstić information content (AvgIpc) is 3.46. The quantitative estimate of drug-likeness (QED) is 0.350. The molecule has 3 aromatic rings. The Balaban J connectivity index is 0.00000165. The monoisotopic (exact) mass is 565 g/mol. The maximum absolute atomic E-state index is 13.1. The first-order chi connectivity index (χ1) is 19.7. The summed E-state index contributed by atoms with van der Waals surface area (Å²) in [4.78, 5) is 32.3. The van der Waals surface area contributed by atoms with E-state index in [9.17, 15) is 22.8 Å². The van der Waals surface area contributed by atoms with E-state index in [0.717, 1.165) is 55.0 Å². The number of nitrogens with zero attached hydrogens (tertiary/aromatic N) is 3. The molecule has 0 unspecified atom stereocenters. The number of ketones is 1. The maximum Gasteiger partial charge on any atom is 0.573 e. The summed E-state index contributed by atoms with van der Waals surface area (Å²) in [5.41, 5.74) is 3.96. The highest BCUT2D eigenvalue weighted by atomic mass is 19.4. The highest BCUT2D eigenvalue weighted by Gasteiger charge is 2.49. The predicted octanol–water partition coefficient (Wildman–Crippen LogP) is 6.59. The van der Waals surface area contributed by atoms with Crippen molar-refractivity contribution in [2.45, 2.75) is 58.1 Å². The minimum absolute atomic E-state index is 0.0974. The predicted molar refractivity (Wildman–Crippen MR) is 152 cm³/mol. The molecule has 1 amide bonds. The molecule has 0 aromatic heterocycles. The van der Waals surface area contributed by atoms with E-state index in [2.05, 4.69) is 32.7 Å². The first-order valence-electron chi connectivity index (χ1n) is 14.1. The highest BCUT2D eigenvalue weighted by molar-refractivity contribution is 5.99. The second-order valence-electron chi connectivity index (χ2n) is 10.4. The van der Waals surface area contributed by atoms with Gasteiger partial charge in [-0.1, -0.05) is 44.2 Å². The van der Waals surface area contributed by atoms with Crippen LogP contribution in [0.15, 0.2) is 72.8 Å². The zero-order valence-corrected chi connectivity index (χ0v) is 23.3. The van der Waals surface area contributed by atoms with Crippen molar-refractivity contribution in [1.29, 1.82) is 0 Å². The fourth-order valence-electron chi connectivity index (χ4n) is 6.19. The minimum atomic E-state index is -4.74. The van der Waals surface area contributed by atoms with Crippen LogP contribution in [0.4, 0.5) is 24.5 Å². The van der Waals surface area contributed by atoms with Crippen molar-refractivity contribution in [3.05, 3.63) is 89.5 Å². The SMILES string of the molecule is CC.O=C1c2ccc(N3CCC4(CC3)C(=O)CCN4c3ccccc3)cc2CN1Cc1ccc(OC(F)(F)F)cc1. The number of alkyl halides is 3. The number of hydrogen-bond donors (Lipinski definition) is 0. The lowest BCUT2D eigenvalue weighted by Gasteiger charge is -2.45. The van der Waals surface area contributed by atoms with E-state index >= 15 is 0 Å². The normalized spacial score (nSPS) is 17.9. The summed E-state index contributed by atoms with van der Waals surface area (Å²) in [6.45, 7) is 6.97. The van der Waals surface area contributed by atoms with Crippen molar-refractivity contribution in [1.82, 2.24) is 4.90 Å². The van der Waals surface area contributed by atoms with Gasteiger partial charge in [-0.05, 0) is 66.4 Å². The van der Waals surface area contributed by atoms with Gasteiger partial charge in [-0.3, -0.25) is 9.59 Å². The summed E-state index contributed by atoms with van der Waals surface area (Å²) in [7, 11) is 0. The van der Waals surface area contributed by atoms with Gasteiger partial charge in [0.15, 0.2) is 5.78 Å². The maximum atomic E-state index is 13.1. The van der Waals surface area contributed by atoms with E-state index in [1.54, 1.807) is 4.90 Å². The number of fused-ring (bicyclic) bond motifs is 1. The number of rotatable bonds is 5. The Bertz CT molecular complexity index is 1380. The number of halogens is 3. The fraction of sp³-hybridized carbons (Fsp3) is 0.375. The van der Waals surface area contributed by atoms with E-state index in [0.29, 0.717) is 30.9 Å². The Labute approximate surface area is 238 Å². The number of carbonyl (C=O) groups is 2. The number of amides is 1. The summed E-state index contributed by atoms with van der Waals surface area (Å²) in [5, 5.41) is 0. The molecule has 1 spiro atoms. The smallest absolute Gasteiger partial charge is 0.406 e. The Morgan fingerprint density at radius 3 is 2.20 bits per heavy atom. The van der Waals surface area contributed by atoms with Gasteiger partial charge in [0.05, 0.1) is 0 Å². The molecule has 0 saturated carbocycles. The zero-order valence-electron chi connectivity index (χ0n) is 23.3. The molecule has 6 rings (SSSR count). The van der Waals surface area contributed by atoms with Gasteiger partial charge in [0, 0.05) is 56.1 Å². The number of piperidine rings is 1. The van der Waals surface area contributed by atoms with Crippen LogP contribution in [-0.2, 0) is 17.9 Å². The highest BCUT2D eigenvalue weighted by Crippen LogP contribution is 2.40. The van der Waals surface area contributed by atoms with Gasteiger partial charge in [0.25, 0.3) is 5.91 Å². The Hall–Kier alpha value is -4.01. The van der Waals surface area contributed by atoms with Crippen molar-refractivity contribution in [2.75, 3.05) is 29.4 Å². The van der Waals surface area contributed by atoms with Crippen molar-refractivity contribution in [3.8, 4) is 5.75 Å². The summed E-state index contributed by atoms with van der Waals surface area (Å²) < 4.78 is 41.2. The summed E-state index contributed by atoms with van der Waals surface area (Å²) in [6.07, 6.45) is -2.67. The van der Waals surface area contributed by atoms with Gasteiger partial charge in [0.1, 0.15) is 11.3 Å². The third-order valence-electron chi connectivity index (χ3n) is 8.12. The number of benzene rings is 3. The molecule has 3 aliphatic heterocycles. The average molecular weight is 566 g/mol. The second kappa shape index (κ2) is 11.5. The molecular formula is C32H34F3N3O3. The standard InChI is InChI=1S/C30H28F3N3O3.C2H6/c31-30(32,33)39-25-9-6-21(7-10-25)19-35-20-22-18-24(8-11-26(22)28(35)38)34-16-13-29(14-17-34)27(37)12-15-36(29)23-4-2-1-3-5-23;1-2/h1-11,18H,12-17,19-20H2;1-2H3. The molecule has 0 aliphatic carbocycles. The topological polar surface area (TPSA) is 53.1 Å². The molecule has 3 aromatic carbocycles. The van der Waals surface area contributed by atoms with Gasteiger partial charge < -0.3 is 19.4 Å². The molecule has 3 aliphatic rings. The van der Waals surface area contributed by atoms with Gasteiger partial charge in [0.2, 0.25) is 0 Å². The first kappa shape index (κ1) is 28.5. The Kier molecular flexibility index (Phi) is 7.98. The third kappa shape index (κ3) is 5.76. The van der Waals surface area contributed by atoms with E-state index in [1.165, 1.54) is 24.3 Å². The molecule has 0 N–H and O–H groups in total. The number of para-hydroxylation sites is 1. The largest absolute Gasteiger partial charge is 0.573 e. The number of carbonyl (C=O) groups excluding carboxylic acids is 2. The summed E-state index contributed by atoms with van der Waals surface area (Å²) in [6, 6.07) is 21.6. The van der Waals surface area contributed by atoms with Crippen LogP contribution < -0.4 is 14.5 Å². The van der Waals surface area contributed by atoms with E-state index in [1.807, 2.05) is 44.2 Å². The lowest BCUT2D eigenvalue weighted by atomic mass is 9.83. The number of Topliss-reactive ketones (excluding diaryl/α,β-unsaturated/α-hetero) is 1. The molecule has 0 radical (unpaired) electrons. The first-order valence-corrected chi connectivity index (χ1v) is 14.1. The third-order valence-corrected chi connectivity index (χ3v) is 8.12.